The number of hydrogen-bond acceptors (Lipinski definition) is 8. The van der Waals surface area contributed by atoms with Crippen molar-refractivity contribution in [2.45, 2.75) is 26.0 Å². The van der Waals surface area contributed by atoms with Gasteiger partial charge in [0.25, 0.3) is 11.6 Å². The smallest absolute Gasteiger partial charge is 0.338 e. The molecule has 3 aromatic carbocycles. The maximum Gasteiger partial charge on any atom is 0.338 e. The molecule has 10 heteroatoms. The summed E-state index contributed by atoms with van der Waals surface area (Å²) in [4.78, 5) is 57.1. The summed E-state index contributed by atoms with van der Waals surface area (Å²) in [6.45, 7) is 3.82. The molecule has 37 heavy (non-hydrogen) atoms. The van der Waals surface area contributed by atoms with Crippen molar-refractivity contribution in [1.82, 2.24) is 0 Å². The second kappa shape index (κ2) is 9.47. The van der Waals surface area contributed by atoms with E-state index in [2.05, 4.69) is 0 Å². The second-order valence-electron chi connectivity index (χ2n) is 8.74. The number of carbonyl (C=O) groups is 3. The molecule has 3 unspecified atom stereocenters. The van der Waals surface area contributed by atoms with Crippen LogP contribution in [0.15, 0.2) is 72.8 Å². The van der Waals surface area contributed by atoms with Crippen molar-refractivity contribution >= 4 is 34.8 Å². The highest BCUT2D eigenvalue weighted by molar-refractivity contribution is 6.24. The summed E-state index contributed by atoms with van der Waals surface area (Å²) in [5, 5.41) is 12.7. The largest absolute Gasteiger partial charge is 0.462 e. The van der Waals surface area contributed by atoms with Gasteiger partial charge in [0.2, 0.25) is 5.91 Å². The van der Waals surface area contributed by atoms with Gasteiger partial charge in [0.15, 0.2) is 6.10 Å². The lowest BCUT2D eigenvalue weighted by atomic mass is 9.90. The van der Waals surface area contributed by atoms with Gasteiger partial charge in [-0.2, -0.15) is 0 Å². The van der Waals surface area contributed by atoms with Crippen LogP contribution in [-0.2, 0) is 19.2 Å². The third kappa shape index (κ3) is 4.11. The Hall–Kier alpha value is -4.57. The summed E-state index contributed by atoms with van der Waals surface area (Å²) in [6, 6.07) is 18.6. The van der Waals surface area contributed by atoms with E-state index in [0.29, 0.717) is 22.5 Å². The van der Waals surface area contributed by atoms with Gasteiger partial charge in [0.1, 0.15) is 5.92 Å². The van der Waals surface area contributed by atoms with E-state index in [1.54, 1.807) is 24.1 Å². The summed E-state index contributed by atoms with van der Waals surface area (Å²) in [6.07, 6.45) is -1.09. The number of para-hydroxylation sites is 1. The zero-order chi connectivity index (χ0) is 26.3. The number of anilines is 2. The molecular weight excluding hydrogens is 478 g/mol. The zero-order valence-electron chi connectivity index (χ0n) is 20.1. The van der Waals surface area contributed by atoms with Gasteiger partial charge in [0, 0.05) is 12.1 Å². The Bertz CT molecular complexity index is 1390. The molecule has 3 aromatic rings. The Balaban J connectivity index is 1.52. The fraction of sp³-hybridized carbons (Fsp3) is 0.222. The lowest BCUT2D eigenvalue weighted by molar-refractivity contribution is -0.384. The van der Waals surface area contributed by atoms with Gasteiger partial charge in [-0.25, -0.2) is 14.8 Å². The molecule has 2 fully saturated rings. The number of nitro groups is 1. The maximum atomic E-state index is 13.7. The quantitative estimate of drug-likeness (QED) is 0.214. The molecule has 2 aliphatic rings. The van der Waals surface area contributed by atoms with Crippen LogP contribution in [-0.4, -0.2) is 35.4 Å². The summed E-state index contributed by atoms with van der Waals surface area (Å²) in [5.74, 6) is -2.38. The van der Waals surface area contributed by atoms with Crippen molar-refractivity contribution in [3.63, 3.8) is 0 Å². The summed E-state index contributed by atoms with van der Waals surface area (Å²) < 4.78 is 4.99. The minimum atomic E-state index is -1.09. The van der Waals surface area contributed by atoms with E-state index >= 15 is 0 Å². The molecule has 2 amide bonds. The molecule has 5 rings (SSSR count). The monoisotopic (exact) mass is 501 g/mol. The lowest BCUT2D eigenvalue weighted by Gasteiger charge is -2.29. The Morgan fingerprint density at radius 1 is 1.00 bits per heavy atom. The summed E-state index contributed by atoms with van der Waals surface area (Å²) in [5.41, 5.74) is 2.69. The molecule has 0 aliphatic carbocycles. The molecule has 3 atom stereocenters. The minimum absolute atomic E-state index is 0.0844. The van der Waals surface area contributed by atoms with Gasteiger partial charge in [-0.1, -0.05) is 30.3 Å². The molecule has 0 saturated carbocycles. The highest BCUT2D eigenvalue weighted by Crippen LogP contribution is 2.48. The topological polar surface area (TPSA) is 119 Å². The van der Waals surface area contributed by atoms with Crippen LogP contribution in [0.3, 0.4) is 0 Å². The van der Waals surface area contributed by atoms with Crippen LogP contribution < -0.4 is 9.96 Å². The standard InChI is InChI=1S/C27H23N3O7/c1-3-36-27(33)18-10-12-19(13-11-18)28-25(31)22-23(17-8-14-20(15-9-17)30(34)35)29(37-24(22)26(28)32)21-7-5-4-6-16(21)2/h4-15,22-24H,3H2,1-2H3. The second-order valence-corrected chi connectivity index (χ2v) is 8.74. The number of ether oxygens (including phenoxy) is 1. The van der Waals surface area contributed by atoms with Crippen molar-refractivity contribution in [3.05, 3.63) is 99.6 Å². The van der Waals surface area contributed by atoms with Crippen molar-refractivity contribution in [2.24, 2.45) is 5.92 Å². The van der Waals surface area contributed by atoms with E-state index in [0.717, 1.165) is 10.5 Å². The molecule has 2 aliphatic heterocycles. The van der Waals surface area contributed by atoms with Gasteiger partial charge >= 0.3 is 5.97 Å². The first-order valence-electron chi connectivity index (χ1n) is 11.7. The molecule has 0 aromatic heterocycles. The molecule has 2 heterocycles. The average molecular weight is 501 g/mol. The Morgan fingerprint density at radius 3 is 2.30 bits per heavy atom. The number of amides is 2. The summed E-state index contributed by atoms with van der Waals surface area (Å²) in [7, 11) is 0. The number of hydrogen-bond donors (Lipinski definition) is 0. The van der Waals surface area contributed by atoms with Crippen LogP contribution in [0.25, 0.3) is 0 Å². The maximum absolute atomic E-state index is 13.7. The van der Waals surface area contributed by atoms with E-state index in [9.17, 15) is 24.5 Å². The fourth-order valence-electron chi connectivity index (χ4n) is 4.78. The van der Waals surface area contributed by atoms with E-state index in [1.807, 2.05) is 31.2 Å². The third-order valence-electron chi connectivity index (χ3n) is 6.55. The van der Waals surface area contributed by atoms with E-state index in [-0.39, 0.29) is 12.3 Å². The lowest BCUT2D eigenvalue weighted by Crippen LogP contribution is -2.37. The molecular formula is C27H23N3O7. The first-order valence-corrected chi connectivity index (χ1v) is 11.7. The number of non-ortho nitro benzene ring substituents is 1. The van der Waals surface area contributed by atoms with Gasteiger partial charge < -0.3 is 4.74 Å². The van der Waals surface area contributed by atoms with Crippen LogP contribution in [0.5, 0.6) is 0 Å². The summed E-state index contributed by atoms with van der Waals surface area (Å²) >= 11 is 0. The number of imide groups is 1. The van der Waals surface area contributed by atoms with Crippen molar-refractivity contribution in [2.75, 3.05) is 16.6 Å². The third-order valence-corrected chi connectivity index (χ3v) is 6.55. The van der Waals surface area contributed by atoms with E-state index in [1.165, 1.54) is 36.4 Å². The average Bonchev–Trinajstić information content (AvgIpc) is 3.40. The molecule has 188 valence electrons. The zero-order valence-corrected chi connectivity index (χ0v) is 20.1. The van der Waals surface area contributed by atoms with Gasteiger partial charge in [-0.15, -0.1) is 0 Å². The van der Waals surface area contributed by atoms with Crippen molar-refractivity contribution in [3.8, 4) is 0 Å². The normalized spacial score (nSPS) is 20.8. The van der Waals surface area contributed by atoms with E-state index in [4.69, 9.17) is 9.57 Å². The Labute approximate surface area is 212 Å². The van der Waals surface area contributed by atoms with Gasteiger partial charge in [-0.05, 0) is 55.3 Å². The Kier molecular flexibility index (Phi) is 6.18. The predicted octanol–water partition coefficient (Wildman–Crippen LogP) is 4.13. The highest BCUT2D eigenvalue weighted by atomic mass is 16.7. The number of esters is 1. The number of nitrogens with zero attached hydrogens (tertiary/aromatic N) is 3. The van der Waals surface area contributed by atoms with Crippen molar-refractivity contribution < 1.29 is 28.9 Å². The molecule has 2 saturated heterocycles. The van der Waals surface area contributed by atoms with Crippen LogP contribution in [0, 0.1) is 23.0 Å². The highest BCUT2D eigenvalue weighted by Gasteiger charge is 2.60. The number of rotatable bonds is 6. The van der Waals surface area contributed by atoms with Crippen LogP contribution in [0.1, 0.15) is 34.5 Å². The Morgan fingerprint density at radius 2 is 1.68 bits per heavy atom. The number of aryl methyl sites for hydroxylation is 1. The van der Waals surface area contributed by atoms with Crippen LogP contribution >= 0.6 is 0 Å². The predicted molar refractivity (Wildman–Crippen MR) is 133 cm³/mol. The molecule has 0 radical (unpaired) electrons. The first-order chi connectivity index (χ1) is 17.8. The van der Waals surface area contributed by atoms with Crippen molar-refractivity contribution in [1.29, 1.82) is 0 Å². The van der Waals surface area contributed by atoms with Crippen LogP contribution in [0.4, 0.5) is 17.1 Å². The fourth-order valence-corrected chi connectivity index (χ4v) is 4.78. The molecule has 0 N–H and O–H groups in total. The van der Waals surface area contributed by atoms with Crippen LogP contribution in [0.2, 0.25) is 0 Å². The number of benzene rings is 3. The first kappa shape index (κ1) is 24.1. The number of carbonyl (C=O) groups excluding carboxylic acids is 3. The number of fused-ring (bicyclic) bond motifs is 1. The minimum Gasteiger partial charge on any atom is -0.462 e. The van der Waals surface area contributed by atoms with E-state index < -0.39 is 40.8 Å². The molecule has 0 spiro atoms. The van der Waals surface area contributed by atoms with Gasteiger partial charge in [-0.3, -0.25) is 24.5 Å². The van der Waals surface area contributed by atoms with Gasteiger partial charge in [0.05, 0.1) is 34.5 Å². The SMILES string of the molecule is CCOC(=O)c1ccc(N2C(=O)C3ON(c4ccccc4C)C(c4ccc([N+](=O)[O-])cc4)C3C2=O)cc1. The number of nitro benzene ring substituents is 1. The molecule has 10 nitrogen and oxygen atoms in total. The molecule has 0 bridgehead atoms. The number of hydroxylamine groups is 1.